The first-order valence-corrected chi connectivity index (χ1v) is 10.2. The molecule has 0 spiro atoms. The highest BCUT2D eigenvalue weighted by molar-refractivity contribution is 7.09. The Morgan fingerprint density at radius 1 is 1.25 bits per heavy atom. The fourth-order valence-corrected chi connectivity index (χ4v) is 3.51. The monoisotopic (exact) mass is 403 g/mol. The predicted octanol–water partition coefficient (Wildman–Crippen LogP) is 2.03. The molecular weight excluding hydrogens is 376 g/mol. The zero-order valence-corrected chi connectivity index (χ0v) is 17.6. The Labute approximate surface area is 170 Å². The first-order chi connectivity index (χ1) is 13.2. The van der Waals surface area contributed by atoms with Crippen molar-refractivity contribution in [1.82, 2.24) is 10.3 Å². The normalized spacial score (nSPS) is 11.3. The van der Waals surface area contributed by atoms with E-state index in [0.717, 1.165) is 17.7 Å². The Bertz CT molecular complexity index is 824. The number of nitrogens with one attached hydrogen (secondary N) is 1. The maximum absolute atomic E-state index is 12.0. The standard InChI is InChI=1S/C21H28N2O4S/c1-5-14-6-7-17(16(10-14)21(2,3)4)27-9-8-22-18(24)12-19-23-15(13-28-19)11-20(25)26/h6-7,10,13H,5,8-9,11-12H2,1-4H3,(H,22,24)(H,25,26)/p-1. The van der Waals surface area contributed by atoms with E-state index in [1.165, 1.54) is 16.9 Å². The van der Waals surface area contributed by atoms with E-state index in [9.17, 15) is 14.7 Å². The van der Waals surface area contributed by atoms with Gasteiger partial charge in [0, 0.05) is 17.8 Å². The lowest BCUT2D eigenvalue weighted by molar-refractivity contribution is -0.304. The number of hydrogen-bond donors (Lipinski definition) is 1. The van der Waals surface area contributed by atoms with Crippen molar-refractivity contribution in [1.29, 1.82) is 0 Å². The van der Waals surface area contributed by atoms with E-state index < -0.39 is 5.97 Å². The van der Waals surface area contributed by atoms with Crippen LogP contribution in [0, 0.1) is 0 Å². The summed E-state index contributed by atoms with van der Waals surface area (Å²) in [5, 5.41) is 15.6. The number of thiazole rings is 1. The summed E-state index contributed by atoms with van der Waals surface area (Å²) in [5.74, 6) is -0.513. The van der Waals surface area contributed by atoms with Crippen molar-refractivity contribution in [3.8, 4) is 5.75 Å². The molecule has 0 radical (unpaired) electrons. The van der Waals surface area contributed by atoms with Gasteiger partial charge in [-0.1, -0.05) is 39.8 Å². The van der Waals surface area contributed by atoms with Gasteiger partial charge in [0.05, 0.1) is 18.7 Å². The topological polar surface area (TPSA) is 91.3 Å². The summed E-state index contributed by atoms with van der Waals surface area (Å²) in [6.45, 7) is 9.34. The molecule has 0 aliphatic rings. The SMILES string of the molecule is CCc1ccc(OCCNC(=O)Cc2nc(CC(=O)[O-])cs2)c(C(C)(C)C)c1. The third-order valence-corrected chi connectivity index (χ3v) is 5.08. The van der Waals surface area contributed by atoms with Crippen LogP contribution < -0.4 is 15.2 Å². The summed E-state index contributed by atoms with van der Waals surface area (Å²) in [4.78, 5) is 26.7. The maximum Gasteiger partial charge on any atom is 0.226 e. The molecule has 1 aromatic carbocycles. The van der Waals surface area contributed by atoms with E-state index in [1.54, 1.807) is 5.38 Å². The van der Waals surface area contributed by atoms with Crippen LogP contribution in [0.4, 0.5) is 0 Å². The van der Waals surface area contributed by atoms with Crippen LogP contribution in [0.1, 0.15) is 49.5 Å². The molecule has 7 heteroatoms. The minimum absolute atomic E-state index is 0.0300. The molecule has 1 N–H and O–H groups in total. The first-order valence-electron chi connectivity index (χ1n) is 9.35. The lowest BCUT2D eigenvalue weighted by atomic mass is 9.85. The summed E-state index contributed by atoms with van der Waals surface area (Å²) in [6, 6.07) is 6.24. The van der Waals surface area contributed by atoms with Gasteiger partial charge in [0.25, 0.3) is 0 Å². The Morgan fingerprint density at radius 2 is 2.00 bits per heavy atom. The van der Waals surface area contributed by atoms with Crippen LogP contribution >= 0.6 is 11.3 Å². The van der Waals surface area contributed by atoms with E-state index in [2.05, 4.69) is 50.1 Å². The number of aryl methyl sites for hydroxylation is 1. The molecule has 2 aromatic rings. The van der Waals surface area contributed by atoms with Crippen LogP contribution in [0.3, 0.4) is 0 Å². The number of aromatic nitrogens is 1. The van der Waals surface area contributed by atoms with E-state index in [-0.39, 0.29) is 24.2 Å². The molecule has 0 aliphatic heterocycles. The zero-order chi connectivity index (χ0) is 20.7. The molecule has 0 bridgehead atoms. The van der Waals surface area contributed by atoms with Crippen LogP contribution in [0.15, 0.2) is 23.6 Å². The highest BCUT2D eigenvalue weighted by atomic mass is 32.1. The fraction of sp³-hybridized carbons (Fsp3) is 0.476. The molecular formula is C21H27N2O4S-. The number of ether oxygens (including phenoxy) is 1. The zero-order valence-electron chi connectivity index (χ0n) is 16.8. The Hall–Kier alpha value is -2.41. The molecule has 1 aromatic heterocycles. The van der Waals surface area contributed by atoms with E-state index in [4.69, 9.17) is 4.74 Å². The number of rotatable bonds is 9. The lowest BCUT2D eigenvalue weighted by Gasteiger charge is -2.23. The summed E-state index contributed by atoms with van der Waals surface area (Å²) in [6.07, 6.45) is 0.857. The quantitative estimate of drug-likeness (QED) is 0.647. The molecule has 1 heterocycles. The van der Waals surface area contributed by atoms with Gasteiger partial charge in [-0.2, -0.15) is 0 Å². The minimum atomic E-state index is -1.18. The van der Waals surface area contributed by atoms with E-state index in [1.807, 2.05) is 6.07 Å². The Kier molecular flexibility index (Phi) is 7.57. The molecule has 6 nitrogen and oxygen atoms in total. The lowest BCUT2D eigenvalue weighted by Crippen LogP contribution is -2.29. The second kappa shape index (κ2) is 9.68. The number of hydrogen-bond acceptors (Lipinski definition) is 6. The van der Waals surface area contributed by atoms with Crippen LogP contribution in [0.2, 0.25) is 0 Å². The summed E-state index contributed by atoms with van der Waals surface area (Å²) >= 11 is 1.27. The Balaban J connectivity index is 1.83. The molecule has 28 heavy (non-hydrogen) atoms. The van der Waals surface area contributed by atoms with Crippen LogP contribution in [0.5, 0.6) is 5.75 Å². The average molecular weight is 404 g/mol. The number of benzene rings is 1. The van der Waals surface area contributed by atoms with Gasteiger partial charge in [-0.05, 0) is 29.0 Å². The third-order valence-electron chi connectivity index (χ3n) is 4.18. The summed E-state index contributed by atoms with van der Waals surface area (Å²) in [5.41, 5.74) is 2.81. The molecule has 152 valence electrons. The van der Waals surface area contributed by atoms with E-state index in [0.29, 0.717) is 23.9 Å². The van der Waals surface area contributed by atoms with Crippen LogP contribution in [0.25, 0.3) is 0 Å². The second-order valence-corrected chi connectivity index (χ2v) is 8.53. The molecule has 0 atom stereocenters. The van der Waals surface area contributed by atoms with Crippen molar-refractivity contribution < 1.29 is 19.4 Å². The van der Waals surface area contributed by atoms with Gasteiger partial charge in [0.2, 0.25) is 5.91 Å². The van der Waals surface area contributed by atoms with Crippen molar-refractivity contribution in [3.63, 3.8) is 0 Å². The average Bonchev–Trinajstić information content (AvgIpc) is 3.03. The van der Waals surface area contributed by atoms with Gasteiger partial charge >= 0.3 is 0 Å². The van der Waals surface area contributed by atoms with E-state index >= 15 is 0 Å². The highest BCUT2D eigenvalue weighted by Crippen LogP contribution is 2.32. The first kappa shape index (κ1) is 21.9. The molecule has 0 aliphatic carbocycles. The molecule has 0 fully saturated rings. The number of aliphatic carboxylic acids is 1. The molecule has 0 unspecified atom stereocenters. The van der Waals surface area contributed by atoms with Gasteiger partial charge in [-0.3, -0.25) is 4.79 Å². The molecule has 2 rings (SSSR count). The number of carboxylic acid groups (broad SMARTS) is 1. The maximum atomic E-state index is 12.0. The smallest absolute Gasteiger partial charge is 0.226 e. The highest BCUT2D eigenvalue weighted by Gasteiger charge is 2.19. The number of nitrogens with zero attached hydrogens (tertiary/aromatic N) is 1. The van der Waals surface area contributed by atoms with Crippen molar-refractivity contribution in [2.24, 2.45) is 0 Å². The van der Waals surface area contributed by atoms with Gasteiger partial charge < -0.3 is 20.0 Å². The fourth-order valence-electron chi connectivity index (χ4n) is 2.72. The van der Waals surface area contributed by atoms with Crippen molar-refractivity contribution in [2.75, 3.05) is 13.2 Å². The van der Waals surface area contributed by atoms with Crippen LogP contribution in [-0.2, 0) is 34.3 Å². The molecule has 0 saturated heterocycles. The van der Waals surface area contributed by atoms with Gasteiger partial charge in [-0.25, -0.2) is 4.98 Å². The summed E-state index contributed by atoms with van der Waals surface area (Å²) < 4.78 is 5.91. The molecule has 0 saturated carbocycles. The van der Waals surface area contributed by atoms with Crippen molar-refractivity contribution >= 4 is 23.2 Å². The van der Waals surface area contributed by atoms with Gasteiger partial charge in [-0.15, -0.1) is 11.3 Å². The molecule has 1 amide bonds. The largest absolute Gasteiger partial charge is 0.550 e. The number of carbonyl (C=O) groups excluding carboxylic acids is 2. The van der Waals surface area contributed by atoms with Gasteiger partial charge in [0.15, 0.2) is 0 Å². The minimum Gasteiger partial charge on any atom is -0.550 e. The van der Waals surface area contributed by atoms with Crippen molar-refractivity contribution in [2.45, 2.75) is 52.4 Å². The van der Waals surface area contributed by atoms with Gasteiger partial charge in [0.1, 0.15) is 17.4 Å². The predicted molar refractivity (Wildman–Crippen MR) is 108 cm³/mol. The number of carbonyl (C=O) groups is 2. The third kappa shape index (κ3) is 6.64. The Morgan fingerprint density at radius 3 is 2.64 bits per heavy atom. The van der Waals surface area contributed by atoms with Crippen LogP contribution in [-0.4, -0.2) is 30.0 Å². The number of amides is 1. The van der Waals surface area contributed by atoms with Crippen molar-refractivity contribution in [3.05, 3.63) is 45.4 Å². The second-order valence-electron chi connectivity index (χ2n) is 7.59. The summed E-state index contributed by atoms with van der Waals surface area (Å²) in [7, 11) is 0. The number of carboxylic acids is 1.